The van der Waals surface area contributed by atoms with Gasteiger partial charge in [-0.1, -0.05) is 0 Å². The summed E-state index contributed by atoms with van der Waals surface area (Å²) in [4.78, 5) is 12.4. The predicted molar refractivity (Wildman–Crippen MR) is 155 cm³/mol. The Morgan fingerprint density at radius 1 is 1.02 bits per heavy atom. The van der Waals surface area contributed by atoms with Crippen LogP contribution in [0.1, 0.15) is 38.7 Å². The van der Waals surface area contributed by atoms with Crippen LogP contribution in [0.25, 0.3) is 16.6 Å². The van der Waals surface area contributed by atoms with Crippen molar-refractivity contribution in [2.75, 3.05) is 57.5 Å². The fourth-order valence-corrected chi connectivity index (χ4v) is 7.19. The minimum absolute atomic E-state index is 0.279. The summed E-state index contributed by atoms with van der Waals surface area (Å²) in [5, 5.41) is 14.2. The Balaban J connectivity index is 1.05. The number of fused-ring (bicyclic) bond motifs is 5. The van der Waals surface area contributed by atoms with E-state index in [4.69, 9.17) is 19.2 Å². The van der Waals surface area contributed by atoms with E-state index in [-0.39, 0.29) is 6.10 Å². The molecule has 0 aromatic carbocycles. The highest BCUT2D eigenvalue weighted by Crippen LogP contribution is 2.36. The predicted octanol–water partition coefficient (Wildman–Crippen LogP) is 3.20. The molecular weight excluding hydrogens is 518 g/mol. The molecule has 8 heterocycles. The van der Waals surface area contributed by atoms with E-state index < -0.39 is 0 Å². The maximum atomic E-state index is 9.77. The van der Waals surface area contributed by atoms with Gasteiger partial charge in [0.25, 0.3) is 0 Å². The molecule has 5 aliphatic heterocycles. The highest BCUT2D eigenvalue weighted by molar-refractivity contribution is 5.85. The number of piperazine rings is 1. The zero-order valence-electron chi connectivity index (χ0n) is 24.0. The molecule has 3 aromatic heterocycles. The van der Waals surface area contributed by atoms with Gasteiger partial charge in [0.15, 0.2) is 0 Å². The number of morpholine rings is 1. The fourth-order valence-electron chi connectivity index (χ4n) is 7.19. The first-order valence-corrected chi connectivity index (χ1v) is 15.0. The minimum atomic E-state index is 0.279. The molecule has 10 nitrogen and oxygen atoms in total. The molecule has 0 amide bonds. The van der Waals surface area contributed by atoms with Gasteiger partial charge in [0.2, 0.25) is 0 Å². The normalized spacial score (nSPS) is 26.0. The molecule has 0 saturated carbocycles. The topological polar surface area (TPSA) is 91.4 Å². The molecule has 41 heavy (non-hydrogen) atoms. The molecule has 5 saturated heterocycles. The van der Waals surface area contributed by atoms with E-state index in [1.54, 1.807) is 10.7 Å². The monoisotopic (exact) mass is 557 g/mol. The first kappa shape index (κ1) is 26.7. The second kappa shape index (κ2) is 11.2. The van der Waals surface area contributed by atoms with Crippen molar-refractivity contribution < 1.29 is 14.2 Å². The van der Waals surface area contributed by atoms with Gasteiger partial charge < -0.3 is 19.1 Å². The van der Waals surface area contributed by atoms with Crippen LogP contribution in [0.2, 0.25) is 0 Å². The number of nitrogens with zero attached hydrogens (tertiary/aromatic N) is 7. The lowest BCUT2D eigenvalue weighted by Crippen LogP contribution is -2.69. The Bertz CT molecular complexity index is 1390. The molecular formula is C31H39N7O3. The second-order valence-corrected chi connectivity index (χ2v) is 12.1. The Kier molecular flexibility index (Phi) is 7.29. The van der Waals surface area contributed by atoms with Crippen molar-refractivity contribution in [1.29, 1.82) is 5.26 Å². The Morgan fingerprint density at radius 2 is 1.78 bits per heavy atom. The molecule has 0 radical (unpaired) electrons. The maximum absolute atomic E-state index is 9.77. The summed E-state index contributed by atoms with van der Waals surface area (Å²) in [6.45, 7) is 11.1. The molecule has 5 fully saturated rings. The van der Waals surface area contributed by atoms with Crippen LogP contribution in [0.5, 0.6) is 5.75 Å². The molecule has 0 spiro atoms. The number of anilines is 1. The summed E-state index contributed by atoms with van der Waals surface area (Å²) in [5.41, 5.74) is 3.17. The molecule has 0 N–H and O–H groups in total. The van der Waals surface area contributed by atoms with Crippen LogP contribution in [0.3, 0.4) is 0 Å². The highest BCUT2D eigenvalue weighted by Gasteiger charge is 2.44. The van der Waals surface area contributed by atoms with Crippen molar-refractivity contribution in [2.24, 2.45) is 0 Å². The lowest BCUT2D eigenvalue weighted by atomic mass is 9.87. The van der Waals surface area contributed by atoms with Gasteiger partial charge in [-0.05, 0) is 51.3 Å². The Hall–Kier alpha value is -3.23. The average molecular weight is 558 g/mol. The number of piperidine rings is 1. The molecule has 4 unspecified atom stereocenters. The van der Waals surface area contributed by atoms with E-state index in [0.29, 0.717) is 36.3 Å². The van der Waals surface area contributed by atoms with E-state index in [1.165, 1.54) is 19.3 Å². The van der Waals surface area contributed by atoms with E-state index in [0.717, 1.165) is 74.2 Å². The molecule has 8 rings (SSSR count). The third-order valence-electron chi connectivity index (χ3n) is 9.24. The Morgan fingerprint density at radius 3 is 2.49 bits per heavy atom. The molecule has 216 valence electrons. The van der Waals surface area contributed by atoms with Gasteiger partial charge in [-0.15, -0.1) is 0 Å². The number of aromatic nitrogens is 3. The van der Waals surface area contributed by atoms with Crippen LogP contribution in [-0.4, -0.2) is 107 Å². The van der Waals surface area contributed by atoms with Gasteiger partial charge in [0.1, 0.15) is 24.2 Å². The lowest BCUT2D eigenvalue weighted by Gasteiger charge is -2.56. The van der Waals surface area contributed by atoms with Gasteiger partial charge in [0.05, 0.1) is 49.4 Å². The highest BCUT2D eigenvalue weighted by atomic mass is 16.5. The van der Waals surface area contributed by atoms with E-state index in [2.05, 4.69) is 51.8 Å². The molecule has 4 bridgehead atoms. The summed E-state index contributed by atoms with van der Waals surface area (Å²) >= 11 is 0. The number of nitriles is 1. The second-order valence-electron chi connectivity index (χ2n) is 12.1. The zero-order chi connectivity index (χ0) is 27.9. The molecule has 5 aliphatic rings. The van der Waals surface area contributed by atoms with Crippen LogP contribution in [0.15, 0.2) is 36.8 Å². The number of hydrogen-bond acceptors (Lipinski definition) is 9. The largest absolute Gasteiger partial charge is 0.491 e. The third-order valence-corrected chi connectivity index (χ3v) is 9.24. The van der Waals surface area contributed by atoms with Crippen molar-refractivity contribution in [3.05, 3.63) is 42.4 Å². The minimum Gasteiger partial charge on any atom is -0.491 e. The SMILES string of the molecule is CC(C)OCCN1C2CC1CN(c1ccc(-c3cc(OCCN4C5CCC4COC5)cn4ncc(C#N)c34)cn1)C2. The summed E-state index contributed by atoms with van der Waals surface area (Å²) in [6, 6.07) is 10.7. The summed E-state index contributed by atoms with van der Waals surface area (Å²) in [6.07, 6.45) is 9.35. The summed E-state index contributed by atoms with van der Waals surface area (Å²) < 4.78 is 19.5. The maximum Gasteiger partial charge on any atom is 0.138 e. The molecule has 0 aliphatic carbocycles. The van der Waals surface area contributed by atoms with Gasteiger partial charge in [0, 0.05) is 67.7 Å². The number of hydrogen-bond donors (Lipinski definition) is 0. The van der Waals surface area contributed by atoms with Crippen LogP contribution in [0, 0.1) is 11.3 Å². The zero-order valence-corrected chi connectivity index (χ0v) is 24.0. The third kappa shape index (κ3) is 5.17. The smallest absolute Gasteiger partial charge is 0.138 e. The van der Waals surface area contributed by atoms with Crippen LogP contribution < -0.4 is 9.64 Å². The van der Waals surface area contributed by atoms with Crippen LogP contribution >= 0.6 is 0 Å². The fraction of sp³-hybridized carbons (Fsp3) is 0.581. The van der Waals surface area contributed by atoms with Crippen molar-refractivity contribution in [1.82, 2.24) is 24.4 Å². The number of pyridine rings is 2. The lowest BCUT2D eigenvalue weighted by molar-refractivity contribution is -0.0326. The Labute approximate surface area is 241 Å². The van der Waals surface area contributed by atoms with E-state index in [1.807, 2.05) is 18.5 Å². The van der Waals surface area contributed by atoms with Crippen molar-refractivity contribution in [3.63, 3.8) is 0 Å². The summed E-state index contributed by atoms with van der Waals surface area (Å²) in [7, 11) is 0. The van der Waals surface area contributed by atoms with Crippen molar-refractivity contribution >= 4 is 11.3 Å². The average Bonchev–Trinajstić information content (AvgIpc) is 3.50. The first-order chi connectivity index (χ1) is 20.1. The number of ether oxygens (including phenoxy) is 3. The van der Waals surface area contributed by atoms with Crippen LogP contribution in [-0.2, 0) is 9.47 Å². The quantitative estimate of drug-likeness (QED) is 0.373. The van der Waals surface area contributed by atoms with Crippen LogP contribution in [0.4, 0.5) is 5.82 Å². The van der Waals surface area contributed by atoms with Gasteiger partial charge in [-0.2, -0.15) is 10.4 Å². The van der Waals surface area contributed by atoms with Crippen molar-refractivity contribution in [3.8, 4) is 22.9 Å². The molecule has 4 atom stereocenters. The van der Waals surface area contributed by atoms with Gasteiger partial charge >= 0.3 is 0 Å². The van der Waals surface area contributed by atoms with Gasteiger partial charge in [-0.3, -0.25) is 9.80 Å². The van der Waals surface area contributed by atoms with E-state index in [9.17, 15) is 5.26 Å². The van der Waals surface area contributed by atoms with E-state index >= 15 is 0 Å². The van der Waals surface area contributed by atoms with Gasteiger partial charge in [-0.25, -0.2) is 9.50 Å². The number of rotatable bonds is 10. The summed E-state index contributed by atoms with van der Waals surface area (Å²) in [5.74, 6) is 1.74. The first-order valence-electron chi connectivity index (χ1n) is 15.0. The molecule has 3 aromatic rings. The standard InChI is InChI=1S/C31H39N7O3/c1-21(2)40-9-7-37-26-11-27(37)17-35(16-26)30-6-3-22(14-33-30)29-12-28(18-38-31(29)23(13-32)15-34-38)41-10-8-36-24-4-5-25(36)20-39-19-24/h3,6,12,14-15,18,21,24-27H,4-5,7-11,16-17,19-20H2,1-2H3. The molecule has 10 heteroatoms. The van der Waals surface area contributed by atoms with Crippen molar-refractivity contribution in [2.45, 2.75) is 63.4 Å².